The Kier molecular flexibility index (Phi) is 4.14. The minimum absolute atomic E-state index is 0.0805. The lowest BCUT2D eigenvalue weighted by Gasteiger charge is -2.35. The fraction of sp³-hybridized carbons (Fsp3) is 0.917. The van der Waals surface area contributed by atoms with Gasteiger partial charge >= 0.3 is 5.97 Å². The van der Waals surface area contributed by atoms with Crippen LogP contribution in [0.2, 0.25) is 0 Å². The second-order valence-electron chi connectivity index (χ2n) is 5.26. The maximum absolute atomic E-state index is 11.8. The standard InChI is InChI=1S/C12H22O3/c1-9(2)5-12(3,11(13)14-4)6-10-7-15-8-10/h9-10H,5-8H2,1-4H3. The highest BCUT2D eigenvalue weighted by Crippen LogP contribution is 2.36. The molecule has 88 valence electrons. The van der Waals surface area contributed by atoms with Crippen LogP contribution in [-0.2, 0) is 14.3 Å². The topological polar surface area (TPSA) is 35.5 Å². The van der Waals surface area contributed by atoms with Crippen LogP contribution in [0.5, 0.6) is 0 Å². The molecule has 1 unspecified atom stereocenters. The predicted octanol–water partition coefficient (Wildman–Crippen LogP) is 2.25. The number of carbonyl (C=O) groups is 1. The van der Waals surface area contributed by atoms with Gasteiger partial charge < -0.3 is 9.47 Å². The number of hydrogen-bond acceptors (Lipinski definition) is 3. The van der Waals surface area contributed by atoms with Crippen molar-refractivity contribution < 1.29 is 14.3 Å². The van der Waals surface area contributed by atoms with Crippen LogP contribution in [-0.4, -0.2) is 26.3 Å². The van der Waals surface area contributed by atoms with Gasteiger partial charge in [0.1, 0.15) is 0 Å². The number of methoxy groups -OCH3 is 1. The zero-order valence-electron chi connectivity index (χ0n) is 10.2. The van der Waals surface area contributed by atoms with Gasteiger partial charge in [-0.05, 0) is 25.7 Å². The van der Waals surface area contributed by atoms with E-state index < -0.39 is 0 Å². The summed E-state index contributed by atoms with van der Waals surface area (Å²) in [7, 11) is 1.47. The molecule has 3 nitrogen and oxygen atoms in total. The summed E-state index contributed by atoms with van der Waals surface area (Å²) in [5.41, 5.74) is -0.336. The Labute approximate surface area is 92.1 Å². The van der Waals surface area contributed by atoms with Gasteiger partial charge in [-0.1, -0.05) is 13.8 Å². The van der Waals surface area contributed by atoms with Crippen molar-refractivity contribution in [2.75, 3.05) is 20.3 Å². The van der Waals surface area contributed by atoms with Crippen molar-refractivity contribution in [2.24, 2.45) is 17.3 Å². The minimum Gasteiger partial charge on any atom is -0.469 e. The molecular weight excluding hydrogens is 192 g/mol. The third-order valence-corrected chi connectivity index (χ3v) is 2.98. The van der Waals surface area contributed by atoms with Gasteiger partial charge in [0.05, 0.1) is 25.7 Å². The van der Waals surface area contributed by atoms with Crippen molar-refractivity contribution in [1.82, 2.24) is 0 Å². The molecule has 1 rings (SSSR count). The van der Waals surface area contributed by atoms with Gasteiger partial charge in [0.25, 0.3) is 0 Å². The van der Waals surface area contributed by atoms with Crippen LogP contribution in [0.25, 0.3) is 0 Å². The highest BCUT2D eigenvalue weighted by atomic mass is 16.5. The molecule has 0 aromatic rings. The Hall–Kier alpha value is -0.570. The Balaban J connectivity index is 2.60. The van der Waals surface area contributed by atoms with E-state index in [1.165, 1.54) is 7.11 Å². The van der Waals surface area contributed by atoms with E-state index in [0.717, 1.165) is 26.1 Å². The second-order valence-corrected chi connectivity index (χ2v) is 5.26. The lowest BCUT2D eigenvalue weighted by atomic mass is 9.74. The number of carbonyl (C=O) groups excluding carboxylic acids is 1. The first kappa shape index (κ1) is 12.5. The third kappa shape index (κ3) is 3.20. The quantitative estimate of drug-likeness (QED) is 0.658. The molecule has 0 aromatic heterocycles. The van der Waals surface area contributed by atoms with Crippen molar-refractivity contribution >= 4 is 5.97 Å². The van der Waals surface area contributed by atoms with Gasteiger partial charge in [-0.3, -0.25) is 4.79 Å². The summed E-state index contributed by atoms with van der Waals surface area (Å²) >= 11 is 0. The van der Waals surface area contributed by atoms with E-state index in [2.05, 4.69) is 13.8 Å². The summed E-state index contributed by atoms with van der Waals surface area (Å²) < 4.78 is 10.1. The molecule has 0 aromatic carbocycles. The monoisotopic (exact) mass is 214 g/mol. The molecule has 0 saturated carbocycles. The van der Waals surface area contributed by atoms with Gasteiger partial charge in [-0.15, -0.1) is 0 Å². The fourth-order valence-corrected chi connectivity index (χ4v) is 2.44. The predicted molar refractivity (Wildman–Crippen MR) is 58.5 cm³/mol. The van der Waals surface area contributed by atoms with Crippen molar-refractivity contribution in [1.29, 1.82) is 0 Å². The number of ether oxygens (including phenoxy) is 2. The van der Waals surface area contributed by atoms with Gasteiger partial charge in [0.2, 0.25) is 0 Å². The molecule has 0 N–H and O–H groups in total. The molecular formula is C12H22O3. The largest absolute Gasteiger partial charge is 0.469 e. The molecule has 1 fully saturated rings. The van der Waals surface area contributed by atoms with Gasteiger partial charge in [0, 0.05) is 5.92 Å². The average Bonchev–Trinajstić information content (AvgIpc) is 2.09. The van der Waals surface area contributed by atoms with Crippen LogP contribution < -0.4 is 0 Å². The zero-order chi connectivity index (χ0) is 11.5. The molecule has 1 atom stereocenters. The van der Waals surface area contributed by atoms with Crippen molar-refractivity contribution in [3.8, 4) is 0 Å². The van der Waals surface area contributed by atoms with Crippen LogP contribution in [0.15, 0.2) is 0 Å². The highest BCUT2D eigenvalue weighted by Gasteiger charge is 2.39. The van der Waals surface area contributed by atoms with Gasteiger partial charge in [-0.25, -0.2) is 0 Å². The van der Waals surface area contributed by atoms with E-state index in [1.807, 2.05) is 6.92 Å². The summed E-state index contributed by atoms with van der Waals surface area (Å²) in [6.07, 6.45) is 1.77. The molecule has 1 aliphatic heterocycles. The Morgan fingerprint density at radius 1 is 1.53 bits per heavy atom. The maximum atomic E-state index is 11.8. The number of rotatable bonds is 5. The SMILES string of the molecule is COC(=O)C(C)(CC(C)C)CC1COC1. The molecule has 1 saturated heterocycles. The fourth-order valence-electron chi connectivity index (χ4n) is 2.44. The van der Waals surface area contributed by atoms with Crippen LogP contribution in [0, 0.1) is 17.3 Å². The maximum Gasteiger partial charge on any atom is 0.311 e. The van der Waals surface area contributed by atoms with E-state index in [1.54, 1.807) is 0 Å². The van der Waals surface area contributed by atoms with Crippen LogP contribution >= 0.6 is 0 Å². The van der Waals surface area contributed by atoms with E-state index in [9.17, 15) is 4.79 Å². The lowest BCUT2D eigenvalue weighted by Crippen LogP contribution is -2.38. The van der Waals surface area contributed by atoms with E-state index in [0.29, 0.717) is 11.8 Å². The molecule has 1 aliphatic rings. The Bertz CT molecular complexity index is 221. The summed E-state index contributed by atoms with van der Waals surface area (Å²) in [5.74, 6) is 0.964. The molecule has 0 aliphatic carbocycles. The van der Waals surface area contributed by atoms with Crippen LogP contribution in [0.1, 0.15) is 33.6 Å². The highest BCUT2D eigenvalue weighted by molar-refractivity contribution is 5.76. The summed E-state index contributed by atoms with van der Waals surface area (Å²) in [6, 6.07) is 0. The zero-order valence-corrected chi connectivity index (χ0v) is 10.2. The average molecular weight is 214 g/mol. The summed E-state index contributed by atoms with van der Waals surface area (Å²) in [6.45, 7) is 7.88. The molecule has 0 spiro atoms. The lowest BCUT2D eigenvalue weighted by molar-refractivity contribution is -0.156. The second kappa shape index (κ2) is 4.97. The Morgan fingerprint density at radius 2 is 2.13 bits per heavy atom. The molecule has 3 heteroatoms. The minimum atomic E-state index is -0.336. The first-order chi connectivity index (χ1) is 6.98. The molecule has 0 radical (unpaired) electrons. The van der Waals surface area contributed by atoms with Crippen LogP contribution in [0.3, 0.4) is 0 Å². The van der Waals surface area contributed by atoms with Gasteiger partial charge in [0.15, 0.2) is 0 Å². The van der Waals surface area contributed by atoms with Gasteiger partial charge in [-0.2, -0.15) is 0 Å². The van der Waals surface area contributed by atoms with Crippen molar-refractivity contribution in [2.45, 2.75) is 33.6 Å². The van der Waals surface area contributed by atoms with E-state index in [-0.39, 0.29) is 11.4 Å². The molecule has 1 heterocycles. The number of hydrogen-bond donors (Lipinski definition) is 0. The molecule has 0 bridgehead atoms. The normalized spacial score (nSPS) is 20.9. The molecule has 15 heavy (non-hydrogen) atoms. The third-order valence-electron chi connectivity index (χ3n) is 2.98. The molecule has 0 amide bonds. The van der Waals surface area contributed by atoms with E-state index >= 15 is 0 Å². The van der Waals surface area contributed by atoms with Crippen LogP contribution in [0.4, 0.5) is 0 Å². The Morgan fingerprint density at radius 3 is 2.47 bits per heavy atom. The first-order valence-electron chi connectivity index (χ1n) is 5.64. The summed E-state index contributed by atoms with van der Waals surface area (Å²) in [4.78, 5) is 11.8. The smallest absolute Gasteiger partial charge is 0.311 e. The summed E-state index contributed by atoms with van der Waals surface area (Å²) in [5, 5.41) is 0. The number of esters is 1. The van der Waals surface area contributed by atoms with E-state index in [4.69, 9.17) is 9.47 Å². The van der Waals surface area contributed by atoms with Crippen molar-refractivity contribution in [3.05, 3.63) is 0 Å². The van der Waals surface area contributed by atoms with Crippen molar-refractivity contribution in [3.63, 3.8) is 0 Å². The first-order valence-corrected chi connectivity index (χ1v) is 5.64.